The van der Waals surface area contributed by atoms with Crippen molar-refractivity contribution in [3.8, 4) is 0 Å². The van der Waals surface area contributed by atoms with E-state index in [1.807, 2.05) is 12.1 Å². The molecule has 0 saturated heterocycles. The number of fused-ring (bicyclic) bond motifs is 1. The predicted molar refractivity (Wildman–Crippen MR) is 64.4 cm³/mol. The zero-order chi connectivity index (χ0) is 11.7. The monoisotopic (exact) mass is 243 g/mol. The molecule has 3 heterocycles. The van der Waals surface area contributed by atoms with Gasteiger partial charge in [0, 0.05) is 23.8 Å². The van der Waals surface area contributed by atoms with Crippen molar-refractivity contribution >= 4 is 24.4 Å². The van der Waals surface area contributed by atoms with Gasteiger partial charge in [-0.1, -0.05) is 6.07 Å². The summed E-state index contributed by atoms with van der Waals surface area (Å²) in [5.74, 6) is 0. The molecule has 1 atom stereocenters. The third-order valence-corrected chi connectivity index (χ3v) is 3.74. The molecule has 3 aromatic rings. The van der Waals surface area contributed by atoms with Gasteiger partial charge in [0.1, 0.15) is 6.33 Å². The van der Waals surface area contributed by atoms with E-state index in [9.17, 15) is 4.57 Å². The molecule has 0 fully saturated rings. The molecule has 0 bridgehead atoms. The van der Waals surface area contributed by atoms with Crippen LogP contribution in [0.4, 0.5) is 0 Å². The lowest BCUT2D eigenvalue weighted by molar-refractivity contribution is 0.588. The minimum atomic E-state index is -1.77. The van der Waals surface area contributed by atoms with Crippen molar-refractivity contribution in [2.75, 3.05) is 0 Å². The van der Waals surface area contributed by atoms with Gasteiger partial charge in [0.25, 0.3) is 0 Å². The van der Waals surface area contributed by atoms with Crippen LogP contribution in [0.5, 0.6) is 0 Å². The number of pyridine rings is 1. The van der Waals surface area contributed by atoms with Crippen molar-refractivity contribution in [1.29, 1.82) is 0 Å². The van der Waals surface area contributed by atoms with E-state index in [0.29, 0.717) is 11.1 Å². The minimum absolute atomic E-state index is 0.540. The molecule has 3 rings (SSSR count). The van der Waals surface area contributed by atoms with Crippen LogP contribution in [0.25, 0.3) is 11.0 Å². The van der Waals surface area contributed by atoms with Crippen molar-refractivity contribution in [2.24, 2.45) is 0 Å². The molecule has 0 radical (unpaired) electrons. The van der Waals surface area contributed by atoms with Gasteiger partial charge in [-0.25, -0.2) is 15.0 Å². The number of aromatic nitrogens is 4. The smallest absolute Gasteiger partial charge is 0.244 e. The molecule has 6 heteroatoms. The highest BCUT2D eigenvalue weighted by molar-refractivity contribution is 7.51. The summed E-state index contributed by atoms with van der Waals surface area (Å²) in [7, 11) is -1.77. The Balaban J connectivity index is 2.14. The first-order valence-corrected chi connectivity index (χ1v) is 6.23. The molecule has 82 valence electrons. The Morgan fingerprint density at radius 3 is 2.94 bits per heavy atom. The van der Waals surface area contributed by atoms with Crippen LogP contribution in [-0.2, 0) is 4.57 Å². The molecule has 0 aliphatic carbocycles. The van der Waals surface area contributed by atoms with Crippen LogP contribution in [0.15, 0.2) is 49.2 Å². The van der Waals surface area contributed by atoms with Crippen LogP contribution >= 0.6 is 7.95 Å². The number of nitrogens with zero attached hydrogens (tertiary/aromatic N) is 4. The summed E-state index contributed by atoms with van der Waals surface area (Å²) in [6.45, 7) is 0. The average molecular weight is 243 g/mol. The van der Waals surface area contributed by atoms with Crippen molar-refractivity contribution in [3.05, 3.63) is 49.2 Å². The fourth-order valence-corrected chi connectivity index (χ4v) is 2.72. The van der Waals surface area contributed by atoms with Gasteiger partial charge < -0.3 is 0 Å². The summed E-state index contributed by atoms with van der Waals surface area (Å²) in [5.41, 5.74) is 1.20. The Morgan fingerprint density at radius 2 is 2.12 bits per heavy atom. The molecule has 0 saturated carbocycles. The topological polar surface area (TPSA) is 60.7 Å². The summed E-state index contributed by atoms with van der Waals surface area (Å²) in [4.78, 5) is 12.1. The van der Waals surface area contributed by atoms with Gasteiger partial charge in [0.15, 0.2) is 5.65 Å². The summed E-state index contributed by atoms with van der Waals surface area (Å²) in [5, 5.41) is 0.867. The molecule has 17 heavy (non-hydrogen) atoms. The first kappa shape index (κ1) is 10.1. The number of hydrogen-bond donors (Lipinski definition) is 0. The van der Waals surface area contributed by atoms with E-state index < -0.39 is 7.95 Å². The Labute approximate surface area is 98.0 Å². The van der Waals surface area contributed by atoms with Crippen molar-refractivity contribution in [2.45, 2.75) is 0 Å². The van der Waals surface area contributed by atoms with E-state index in [-0.39, 0.29) is 0 Å². The van der Waals surface area contributed by atoms with E-state index in [4.69, 9.17) is 0 Å². The van der Waals surface area contributed by atoms with E-state index >= 15 is 0 Å². The highest BCUT2D eigenvalue weighted by Crippen LogP contribution is 2.27. The molecule has 0 aliphatic rings. The quantitative estimate of drug-likeness (QED) is 0.643. The maximum Gasteiger partial charge on any atom is 0.528 e. The van der Waals surface area contributed by atoms with Gasteiger partial charge in [-0.2, -0.15) is 0 Å². The van der Waals surface area contributed by atoms with Crippen LogP contribution in [0, 0.1) is 0 Å². The SMILES string of the molecule is O=[P+](c1ccccn1)n1ccc2cncnc21. The van der Waals surface area contributed by atoms with Gasteiger partial charge in [-0.05, 0) is 16.7 Å². The average Bonchev–Trinajstić information content (AvgIpc) is 2.83. The van der Waals surface area contributed by atoms with Crippen LogP contribution in [-0.4, -0.2) is 19.3 Å². The van der Waals surface area contributed by atoms with Gasteiger partial charge in [-0.15, -0.1) is 4.34 Å². The highest BCUT2D eigenvalue weighted by atomic mass is 31.1. The molecule has 0 spiro atoms. The summed E-state index contributed by atoms with van der Waals surface area (Å²) < 4.78 is 13.9. The normalized spacial score (nSPS) is 11.6. The number of rotatable bonds is 2. The number of hydrogen-bond acceptors (Lipinski definition) is 4. The fourth-order valence-electron chi connectivity index (χ4n) is 1.59. The van der Waals surface area contributed by atoms with Crippen molar-refractivity contribution in [3.63, 3.8) is 0 Å². The van der Waals surface area contributed by atoms with E-state index in [2.05, 4.69) is 15.0 Å². The summed E-state index contributed by atoms with van der Waals surface area (Å²) in [6, 6.07) is 7.19. The lowest BCUT2D eigenvalue weighted by Crippen LogP contribution is -2.05. The van der Waals surface area contributed by atoms with Crippen LogP contribution < -0.4 is 5.44 Å². The first-order chi connectivity index (χ1) is 8.36. The Morgan fingerprint density at radius 1 is 1.18 bits per heavy atom. The van der Waals surface area contributed by atoms with Crippen LogP contribution in [0.1, 0.15) is 0 Å². The molecule has 0 amide bonds. The zero-order valence-corrected chi connectivity index (χ0v) is 9.66. The Kier molecular flexibility index (Phi) is 2.38. The third kappa shape index (κ3) is 1.70. The van der Waals surface area contributed by atoms with Crippen molar-refractivity contribution in [1.82, 2.24) is 19.3 Å². The second-order valence-electron chi connectivity index (χ2n) is 3.42. The predicted octanol–water partition coefficient (Wildman–Crippen LogP) is 1.74. The maximum absolute atomic E-state index is 12.3. The third-order valence-electron chi connectivity index (χ3n) is 2.37. The van der Waals surface area contributed by atoms with Crippen LogP contribution in [0.3, 0.4) is 0 Å². The van der Waals surface area contributed by atoms with Gasteiger partial charge in [0.05, 0.1) is 6.20 Å². The molecule has 5 nitrogen and oxygen atoms in total. The summed E-state index contributed by atoms with van der Waals surface area (Å²) in [6.07, 6.45) is 6.51. The fraction of sp³-hybridized carbons (Fsp3) is 0. The molecule has 0 aromatic carbocycles. The Hall–Kier alpha value is -2.13. The second-order valence-corrected chi connectivity index (χ2v) is 4.86. The van der Waals surface area contributed by atoms with E-state index in [1.165, 1.54) is 6.33 Å². The molecular formula is C11H8N4OP+. The molecular weight excluding hydrogens is 235 g/mol. The van der Waals surface area contributed by atoms with E-state index in [1.54, 1.807) is 35.1 Å². The van der Waals surface area contributed by atoms with Gasteiger partial charge in [-0.3, -0.25) is 0 Å². The minimum Gasteiger partial charge on any atom is -0.244 e. The molecule has 0 aliphatic heterocycles. The standard InChI is InChI=1S/C11H8N4OP/c16-17(10-3-1-2-5-13-10)15-6-4-9-7-12-8-14-11(9)15/h1-8H/q+1. The van der Waals surface area contributed by atoms with Crippen molar-refractivity contribution < 1.29 is 4.57 Å². The lowest BCUT2D eigenvalue weighted by atomic mass is 10.4. The van der Waals surface area contributed by atoms with Crippen LogP contribution in [0.2, 0.25) is 0 Å². The second kappa shape index (κ2) is 4.03. The largest absolute Gasteiger partial charge is 0.528 e. The van der Waals surface area contributed by atoms with Gasteiger partial charge >= 0.3 is 13.4 Å². The molecule has 1 unspecified atom stereocenters. The maximum atomic E-state index is 12.3. The Bertz CT molecular complexity index is 680. The van der Waals surface area contributed by atoms with E-state index in [0.717, 1.165) is 5.39 Å². The first-order valence-electron chi connectivity index (χ1n) is 5.02. The lowest BCUT2D eigenvalue weighted by Gasteiger charge is -1.90. The zero-order valence-electron chi connectivity index (χ0n) is 8.76. The summed E-state index contributed by atoms with van der Waals surface area (Å²) >= 11 is 0. The van der Waals surface area contributed by atoms with Gasteiger partial charge in [0.2, 0.25) is 0 Å². The molecule has 3 aromatic heterocycles. The molecule has 0 N–H and O–H groups in total. The highest BCUT2D eigenvalue weighted by Gasteiger charge is 2.26.